The molecule has 0 N–H and O–H groups in total. The van der Waals surface area contributed by atoms with Gasteiger partial charge in [0.1, 0.15) is 11.9 Å². The monoisotopic (exact) mass is 550 g/mol. The van der Waals surface area contributed by atoms with Crippen LogP contribution < -0.4 is 4.74 Å². The van der Waals surface area contributed by atoms with Crippen molar-refractivity contribution in [1.82, 2.24) is 0 Å². The van der Waals surface area contributed by atoms with Crippen molar-refractivity contribution in [2.75, 3.05) is 7.11 Å². The van der Waals surface area contributed by atoms with Crippen LogP contribution in [0.3, 0.4) is 0 Å². The second-order valence-electron chi connectivity index (χ2n) is 8.80. The fourth-order valence-electron chi connectivity index (χ4n) is 5.17. The van der Waals surface area contributed by atoms with Gasteiger partial charge < -0.3 is 23.7 Å². The standard InChI is InChI=1S/C27H19BrO8/c1-32-24(30)20-13-33-26-21-18(20)10-11-27(21)22(35-26)19(25(31)36-27)12-14-2-8-17(9-3-14)34-23(29)15-4-6-16(28)7-5-15/h2-13,18,21-22,26H,1H3. The van der Waals surface area contributed by atoms with Gasteiger partial charge in [-0.2, -0.15) is 0 Å². The van der Waals surface area contributed by atoms with Crippen molar-refractivity contribution in [2.45, 2.75) is 18.0 Å². The predicted octanol–water partition coefficient (Wildman–Crippen LogP) is 3.96. The molecule has 6 rings (SSSR count). The van der Waals surface area contributed by atoms with E-state index in [0.717, 1.165) is 4.47 Å². The van der Waals surface area contributed by atoms with E-state index < -0.39 is 41.8 Å². The summed E-state index contributed by atoms with van der Waals surface area (Å²) in [5.41, 5.74) is 0.786. The Labute approximate surface area is 214 Å². The smallest absolute Gasteiger partial charge is 0.343 e. The Bertz CT molecular complexity index is 1360. The van der Waals surface area contributed by atoms with E-state index in [2.05, 4.69) is 15.9 Å². The average Bonchev–Trinajstić information content (AvgIpc) is 3.49. The molecule has 8 nitrogen and oxygen atoms in total. The van der Waals surface area contributed by atoms with Gasteiger partial charge in [0.05, 0.1) is 36.0 Å². The number of rotatable bonds is 4. The normalized spacial score (nSPS) is 30.2. The van der Waals surface area contributed by atoms with E-state index in [1.165, 1.54) is 13.4 Å². The number of allylic oxidation sites excluding steroid dienone is 1. The zero-order valence-corrected chi connectivity index (χ0v) is 20.5. The minimum Gasteiger partial charge on any atom is -0.471 e. The van der Waals surface area contributed by atoms with E-state index in [-0.39, 0.29) is 5.92 Å². The molecular weight excluding hydrogens is 532 g/mol. The lowest BCUT2D eigenvalue weighted by Crippen LogP contribution is -2.43. The summed E-state index contributed by atoms with van der Waals surface area (Å²) in [6, 6.07) is 13.6. The molecule has 0 saturated carbocycles. The Hall–Kier alpha value is -3.69. The second kappa shape index (κ2) is 8.46. The molecule has 3 aliphatic heterocycles. The lowest BCUT2D eigenvalue weighted by molar-refractivity contribution is -0.152. The van der Waals surface area contributed by atoms with Crippen molar-refractivity contribution >= 4 is 39.9 Å². The van der Waals surface area contributed by atoms with Crippen LogP contribution in [0, 0.1) is 11.8 Å². The van der Waals surface area contributed by atoms with Crippen molar-refractivity contribution in [3.8, 4) is 5.75 Å². The molecule has 0 radical (unpaired) electrons. The molecule has 5 atom stereocenters. The summed E-state index contributed by atoms with van der Waals surface area (Å²) in [4.78, 5) is 37.4. The van der Waals surface area contributed by atoms with Gasteiger partial charge in [-0.05, 0) is 54.1 Å². The first-order valence-corrected chi connectivity index (χ1v) is 12.0. The van der Waals surface area contributed by atoms with Gasteiger partial charge in [-0.15, -0.1) is 0 Å². The van der Waals surface area contributed by atoms with Gasteiger partial charge in [-0.3, -0.25) is 0 Å². The summed E-state index contributed by atoms with van der Waals surface area (Å²) in [6.45, 7) is 0. The molecule has 5 unspecified atom stereocenters. The number of benzene rings is 2. The zero-order valence-electron chi connectivity index (χ0n) is 18.9. The van der Waals surface area contributed by atoms with E-state index in [9.17, 15) is 14.4 Å². The van der Waals surface area contributed by atoms with Crippen LogP contribution in [0.25, 0.3) is 6.08 Å². The molecule has 0 bridgehead atoms. The Kier molecular flexibility index (Phi) is 5.35. The number of carbonyl (C=O) groups is 3. The maximum atomic E-state index is 12.9. The van der Waals surface area contributed by atoms with Crippen LogP contribution >= 0.6 is 15.9 Å². The molecular formula is C27H19BrO8. The summed E-state index contributed by atoms with van der Waals surface area (Å²) < 4.78 is 28.8. The van der Waals surface area contributed by atoms with Crippen LogP contribution in [0.1, 0.15) is 15.9 Å². The highest BCUT2D eigenvalue weighted by atomic mass is 79.9. The number of methoxy groups -OCH3 is 1. The van der Waals surface area contributed by atoms with Crippen LogP contribution in [0.4, 0.5) is 0 Å². The van der Waals surface area contributed by atoms with Crippen molar-refractivity contribution in [3.63, 3.8) is 0 Å². The fourth-order valence-corrected chi connectivity index (χ4v) is 5.43. The number of carbonyl (C=O) groups excluding carboxylic acids is 3. The van der Waals surface area contributed by atoms with Crippen LogP contribution in [0.2, 0.25) is 0 Å². The highest BCUT2D eigenvalue weighted by Gasteiger charge is 2.70. The summed E-state index contributed by atoms with van der Waals surface area (Å²) >= 11 is 3.33. The quantitative estimate of drug-likeness (QED) is 0.244. The molecule has 2 aromatic carbocycles. The van der Waals surface area contributed by atoms with E-state index in [0.29, 0.717) is 28.0 Å². The van der Waals surface area contributed by atoms with E-state index in [1.54, 1.807) is 60.7 Å². The first-order valence-electron chi connectivity index (χ1n) is 11.2. The van der Waals surface area contributed by atoms with Gasteiger partial charge in [0.2, 0.25) is 6.29 Å². The molecule has 36 heavy (non-hydrogen) atoms. The number of hydrogen-bond acceptors (Lipinski definition) is 8. The van der Waals surface area contributed by atoms with E-state index in [4.69, 9.17) is 23.7 Å². The average molecular weight is 551 g/mol. The lowest BCUT2D eigenvalue weighted by Gasteiger charge is -2.32. The Morgan fingerprint density at radius 3 is 2.53 bits per heavy atom. The van der Waals surface area contributed by atoms with Gasteiger partial charge >= 0.3 is 17.9 Å². The molecule has 2 aromatic rings. The first-order chi connectivity index (χ1) is 17.4. The Balaban J connectivity index is 1.22. The maximum absolute atomic E-state index is 12.9. The third-order valence-electron chi connectivity index (χ3n) is 6.83. The van der Waals surface area contributed by atoms with Gasteiger partial charge in [0.15, 0.2) is 5.60 Å². The molecule has 2 saturated heterocycles. The molecule has 9 heteroatoms. The van der Waals surface area contributed by atoms with Gasteiger partial charge in [-0.25, -0.2) is 14.4 Å². The van der Waals surface area contributed by atoms with Crippen LogP contribution in [0.5, 0.6) is 5.75 Å². The third-order valence-corrected chi connectivity index (χ3v) is 7.36. The second-order valence-corrected chi connectivity index (χ2v) is 9.72. The molecule has 182 valence electrons. The van der Waals surface area contributed by atoms with Crippen LogP contribution in [-0.4, -0.2) is 43.0 Å². The lowest BCUT2D eigenvalue weighted by atomic mass is 9.78. The van der Waals surface area contributed by atoms with Crippen LogP contribution in [0.15, 0.2) is 82.6 Å². The molecule has 1 aliphatic carbocycles. The highest BCUT2D eigenvalue weighted by molar-refractivity contribution is 9.10. The maximum Gasteiger partial charge on any atom is 0.343 e. The zero-order chi connectivity index (χ0) is 25.0. The van der Waals surface area contributed by atoms with Crippen molar-refractivity contribution in [3.05, 3.63) is 93.7 Å². The van der Waals surface area contributed by atoms with Gasteiger partial charge in [0, 0.05) is 10.4 Å². The van der Waals surface area contributed by atoms with Crippen LogP contribution in [-0.2, 0) is 28.5 Å². The minimum atomic E-state index is -1.05. The van der Waals surface area contributed by atoms with Gasteiger partial charge in [-0.1, -0.05) is 34.1 Å². The summed E-state index contributed by atoms with van der Waals surface area (Å²) in [6.07, 6.45) is 5.34. The molecule has 1 spiro atoms. The third kappa shape index (κ3) is 3.50. The minimum absolute atomic E-state index is 0.340. The summed E-state index contributed by atoms with van der Waals surface area (Å²) in [7, 11) is 1.31. The molecule has 4 aliphatic rings. The van der Waals surface area contributed by atoms with Crippen molar-refractivity contribution in [2.24, 2.45) is 11.8 Å². The largest absolute Gasteiger partial charge is 0.471 e. The predicted molar refractivity (Wildman–Crippen MR) is 128 cm³/mol. The topological polar surface area (TPSA) is 97.4 Å². The highest BCUT2D eigenvalue weighted by Crippen LogP contribution is 2.58. The Morgan fingerprint density at radius 1 is 1.06 bits per heavy atom. The van der Waals surface area contributed by atoms with Crippen molar-refractivity contribution in [1.29, 1.82) is 0 Å². The summed E-state index contributed by atoms with van der Waals surface area (Å²) in [5.74, 6) is -1.83. The fraction of sp³-hybridized carbons (Fsp3) is 0.222. The molecule has 0 amide bonds. The van der Waals surface area contributed by atoms with Gasteiger partial charge in [0.25, 0.3) is 0 Å². The van der Waals surface area contributed by atoms with Crippen molar-refractivity contribution < 1.29 is 38.1 Å². The number of hydrogen-bond donors (Lipinski definition) is 0. The Morgan fingerprint density at radius 2 is 1.81 bits per heavy atom. The van der Waals surface area contributed by atoms with E-state index in [1.807, 2.05) is 6.08 Å². The molecule has 2 fully saturated rings. The number of esters is 3. The number of ether oxygens (including phenoxy) is 5. The molecule has 0 aromatic heterocycles. The number of halogens is 1. The van der Waals surface area contributed by atoms with E-state index >= 15 is 0 Å². The molecule has 3 heterocycles. The first kappa shape index (κ1) is 22.8. The SMILES string of the molecule is COC(=O)C1=COC2OC3C(=Cc4ccc(OC(=O)c5ccc(Br)cc5)cc4)C(=O)OC34C=CC1C24. The summed E-state index contributed by atoms with van der Waals surface area (Å²) in [5, 5.41) is 0.